The first-order chi connectivity index (χ1) is 9.31. The molecule has 0 spiro atoms. The summed E-state index contributed by atoms with van der Waals surface area (Å²) in [7, 11) is 0. The van der Waals surface area contributed by atoms with Gasteiger partial charge in [0.1, 0.15) is 11.6 Å². The maximum absolute atomic E-state index is 5.40. The number of aromatic nitrogens is 2. The van der Waals surface area contributed by atoms with Gasteiger partial charge in [0, 0.05) is 38.9 Å². The van der Waals surface area contributed by atoms with Crippen LogP contribution in [0.1, 0.15) is 12.2 Å². The van der Waals surface area contributed by atoms with Gasteiger partial charge in [0.2, 0.25) is 0 Å². The Morgan fingerprint density at radius 2 is 2.16 bits per heavy atom. The van der Waals surface area contributed by atoms with E-state index < -0.39 is 0 Å². The van der Waals surface area contributed by atoms with E-state index in [4.69, 9.17) is 4.74 Å². The van der Waals surface area contributed by atoms with Crippen LogP contribution in [0.2, 0.25) is 0 Å². The number of hydrogen-bond donors (Lipinski definition) is 0. The van der Waals surface area contributed by atoms with E-state index in [1.165, 1.54) is 13.0 Å². The van der Waals surface area contributed by atoms with Crippen LogP contribution in [0.3, 0.4) is 0 Å². The van der Waals surface area contributed by atoms with E-state index in [0.717, 1.165) is 57.0 Å². The fraction of sp³-hybridized carbons (Fsp3) is 0.714. The maximum atomic E-state index is 5.40. The molecule has 2 saturated heterocycles. The molecule has 3 rings (SSSR count). The average Bonchev–Trinajstić information content (AvgIpc) is 2.88. The van der Waals surface area contributed by atoms with Gasteiger partial charge in [-0.15, -0.1) is 0 Å². The Balaban J connectivity index is 1.55. The summed E-state index contributed by atoms with van der Waals surface area (Å²) in [5, 5.41) is 0. The zero-order valence-electron chi connectivity index (χ0n) is 11.6. The lowest BCUT2D eigenvalue weighted by molar-refractivity contribution is 0.0320. The smallest absolute Gasteiger partial charge is 0.132 e. The maximum Gasteiger partial charge on any atom is 0.132 e. The Labute approximate surface area is 114 Å². The van der Waals surface area contributed by atoms with Crippen molar-refractivity contribution in [3.05, 3.63) is 18.1 Å². The second kappa shape index (κ2) is 5.84. The van der Waals surface area contributed by atoms with Crippen molar-refractivity contribution in [3.8, 4) is 0 Å². The summed E-state index contributed by atoms with van der Waals surface area (Å²) < 4.78 is 5.40. The largest absolute Gasteiger partial charge is 0.379 e. The van der Waals surface area contributed by atoms with Crippen LogP contribution in [-0.4, -0.2) is 60.8 Å². The van der Waals surface area contributed by atoms with Crippen molar-refractivity contribution >= 4 is 5.82 Å². The van der Waals surface area contributed by atoms with Gasteiger partial charge in [0.25, 0.3) is 0 Å². The highest BCUT2D eigenvalue weighted by Gasteiger charge is 2.25. The highest BCUT2D eigenvalue weighted by molar-refractivity contribution is 5.38. The van der Waals surface area contributed by atoms with E-state index >= 15 is 0 Å². The molecule has 0 bridgehead atoms. The number of aryl methyl sites for hydroxylation is 1. The Kier molecular flexibility index (Phi) is 3.94. The van der Waals surface area contributed by atoms with Crippen LogP contribution in [0.15, 0.2) is 12.3 Å². The van der Waals surface area contributed by atoms with Crippen molar-refractivity contribution in [1.29, 1.82) is 0 Å². The molecule has 1 atom stereocenters. The number of nitrogens with zero attached hydrogens (tertiary/aromatic N) is 4. The first-order valence-corrected chi connectivity index (χ1v) is 7.16. The van der Waals surface area contributed by atoms with Crippen LogP contribution in [0.5, 0.6) is 0 Å². The fourth-order valence-corrected chi connectivity index (χ4v) is 2.96. The van der Waals surface area contributed by atoms with Crippen molar-refractivity contribution in [2.24, 2.45) is 5.92 Å². The van der Waals surface area contributed by atoms with Gasteiger partial charge in [-0.1, -0.05) is 0 Å². The minimum atomic E-state index is 0.758. The quantitative estimate of drug-likeness (QED) is 0.811. The molecule has 2 aliphatic heterocycles. The van der Waals surface area contributed by atoms with Gasteiger partial charge >= 0.3 is 0 Å². The lowest BCUT2D eigenvalue weighted by atomic mass is 10.1. The van der Waals surface area contributed by atoms with E-state index in [1.807, 2.05) is 19.2 Å². The lowest BCUT2D eigenvalue weighted by Gasteiger charge is -2.29. The second-order valence-electron chi connectivity index (χ2n) is 5.48. The minimum Gasteiger partial charge on any atom is -0.379 e. The fourth-order valence-electron chi connectivity index (χ4n) is 2.96. The molecule has 1 aromatic heterocycles. The molecule has 0 N–H and O–H groups in total. The number of rotatable bonds is 3. The molecular formula is C14H22N4O. The zero-order valence-corrected chi connectivity index (χ0v) is 11.6. The minimum absolute atomic E-state index is 0.758. The van der Waals surface area contributed by atoms with Crippen molar-refractivity contribution < 1.29 is 4.74 Å². The predicted octanol–water partition coefficient (Wildman–Crippen LogP) is 0.944. The summed E-state index contributed by atoms with van der Waals surface area (Å²) in [6.45, 7) is 9.34. The molecule has 0 radical (unpaired) electrons. The Bertz CT molecular complexity index is 420. The third-order valence-electron chi connectivity index (χ3n) is 3.99. The number of hydrogen-bond acceptors (Lipinski definition) is 5. The summed E-state index contributed by atoms with van der Waals surface area (Å²) in [5.74, 6) is 2.69. The van der Waals surface area contributed by atoms with Crippen LogP contribution in [0, 0.1) is 12.8 Å². The standard InChI is InChI=1S/C14H22N4O/c1-12-15-4-2-14(16-12)18-5-3-13(11-18)10-17-6-8-19-9-7-17/h2,4,13H,3,5-11H2,1H3. The van der Waals surface area contributed by atoms with Crippen LogP contribution in [0.25, 0.3) is 0 Å². The van der Waals surface area contributed by atoms with Crippen molar-refractivity contribution in [1.82, 2.24) is 14.9 Å². The van der Waals surface area contributed by atoms with Crippen LogP contribution in [0.4, 0.5) is 5.82 Å². The van der Waals surface area contributed by atoms with Gasteiger partial charge in [0.05, 0.1) is 13.2 Å². The van der Waals surface area contributed by atoms with Crippen molar-refractivity contribution in [3.63, 3.8) is 0 Å². The number of anilines is 1. The molecule has 2 fully saturated rings. The highest BCUT2D eigenvalue weighted by atomic mass is 16.5. The van der Waals surface area contributed by atoms with Crippen LogP contribution in [-0.2, 0) is 4.74 Å². The molecule has 5 nitrogen and oxygen atoms in total. The SMILES string of the molecule is Cc1nccc(N2CCC(CN3CCOCC3)C2)n1. The highest BCUT2D eigenvalue weighted by Crippen LogP contribution is 2.22. The third kappa shape index (κ3) is 3.22. The molecule has 0 aliphatic carbocycles. The number of morpholine rings is 1. The molecule has 19 heavy (non-hydrogen) atoms. The molecular weight excluding hydrogens is 240 g/mol. The lowest BCUT2D eigenvalue weighted by Crippen LogP contribution is -2.39. The normalized spacial score (nSPS) is 24.9. The molecule has 0 aromatic carbocycles. The van der Waals surface area contributed by atoms with E-state index in [2.05, 4.69) is 19.8 Å². The Morgan fingerprint density at radius 3 is 2.95 bits per heavy atom. The van der Waals surface area contributed by atoms with Crippen LogP contribution < -0.4 is 4.90 Å². The van der Waals surface area contributed by atoms with E-state index in [9.17, 15) is 0 Å². The molecule has 0 saturated carbocycles. The van der Waals surface area contributed by atoms with Gasteiger partial charge in [-0.05, 0) is 25.3 Å². The second-order valence-corrected chi connectivity index (χ2v) is 5.48. The Hall–Kier alpha value is -1.20. The molecule has 3 heterocycles. The van der Waals surface area contributed by atoms with Gasteiger partial charge in [-0.2, -0.15) is 0 Å². The topological polar surface area (TPSA) is 41.5 Å². The van der Waals surface area contributed by atoms with E-state index in [-0.39, 0.29) is 0 Å². The van der Waals surface area contributed by atoms with Gasteiger partial charge in [0.15, 0.2) is 0 Å². The average molecular weight is 262 g/mol. The van der Waals surface area contributed by atoms with Gasteiger partial charge < -0.3 is 9.64 Å². The summed E-state index contributed by atoms with van der Waals surface area (Å²) in [6, 6.07) is 2.02. The van der Waals surface area contributed by atoms with Crippen molar-refractivity contribution in [2.75, 3.05) is 50.8 Å². The molecule has 1 unspecified atom stereocenters. The number of ether oxygens (including phenoxy) is 1. The third-order valence-corrected chi connectivity index (χ3v) is 3.99. The molecule has 1 aromatic rings. The summed E-state index contributed by atoms with van der Waals surface area (Å²) in [5.41, 5.74) is 0. The van der Waals surface area contributed by atoms with E-state index in [0.29, 0.717) is 0 Å². The summed E-state index contributed by atoms with van der Waals surface area (Å²) in [4.78, 5) is 13.6. The van der Waals surface area contributed by atoms with Gasteiger partial charge in [-0.3, -0.25) is 4.90 Å². The summed E-state index contributed by atoms with van der Waals surface area (Å²) >= 11 is 0. The van der Waals surface area contributed by atoms with Crippen LogP contribution >= 0.6 is 0 Å². The zero-order chi connectivity index (χ0) is 13.1. The molecule has 0 amide bonds. The first-order valence-electron chi connectivity index (χ1n) is 7.16. The molecule has 2 aliphatic rings. The van der Waals surface area contributed by atoms with E-state index in [1.54, 1.807) is 0 Å². The molecule has 5 heteroatoms. The van der Waals surface area contributed by atoms with Crippen molar-refractivity contribution in [2.45, 2.75) is 13.3 Å². The molecule has 104 valence electrons. The Morgan fingerprint density at radius 1 is 1.32 bits per heavy atom. The van der Waals surface area contributed by atoms with Gasteiger partial charge in [-0.25, -0.2) is 9.97 Å². The summed E-state index contributed by atoms with van der Waals surface area (Å²) in [6.07, 6.45) is 3.12. The monoisotopic (exact) mass is 262 g/mol. The first kappa shape index (κ1) is 12.8. The predicted molar refractivity (Wildman–Crippen MR) is 74.3 cm³/mol.